The molecule has 1 aliphatic carbocycles. The van der Waals surface area contributed by atoms with Gasteiger partial charge in [0.15, 0.2) is 0 Å². The summed E-state index contributed by atoms with van der Waals surface area (Å²) < 4.78 is 1.75. The second kappa shape index (κ2) is 6.75. The van der Waals surface area contributed by atoms with Crippen molar-refractivity contribution < 1.29 is 4.79 Å². The van der Waals surface area contributed by atoms with E-state index in [2.05, 4.69) is 25.7 Å². The minimum Gasteiger partial charge on any atom is -0.367 e. The van der Waals surface area contributed by atoms with Crippen molar-refractivity contribution in [3.8, 4) is 0 Å². The average molecular weight is 330 g/mol. The lowest BCUT2D eigenvalue weighted by molar-refractivity contribution is -0.126. The maximum atomic E-state index is 12.3. The molecular formula is C17H26N6O. The van der Waals surface area contributed by atoms with E-state index >= 15 is 0 Å². The smallest absolute Gasteiger partial charge is 0.254 e. The molecule has 1 fully saturated rings. The normalized spacial score (nSPS) is 21.2. The quantitative estimate of drug-likeness (QED) is 0.898. The Kier molecular flexibility index (Phi) is 4.69. The van der Waals surface area contributed by atoms with E-state index in [1.165, 1.54) is 6.33 Å². The van der Waals surface area contributed by atoms with Gasteiger partial charge in [-0.3, -0.25) is 4.79 Å². The summed E-state index contributed by atoms with van der Waals surface area (Å²) >= 11 is 0. The Morgan fingerprint density at radius 2 is 2.12 bits per heavy atom. The van der Waals surface area contributed by atoms with Crippen molar-refractivity contribution >= 4 is 17.5 Å². The Bertz CT molecular complexity index is 738. The van der Waals surface area contributed by atoms with Crippen molar-refractivity contribution in [3.63, 3.8) is 0 Å². The number of aromatic nitrogens is 4. The van der Waals surface area contributed by atoms with Crippen LogP contribution in [0.4, 0.5) is 5.82 Å². The van der Waals surface area contributed by atoms with E-state index in [9.17, 15) is 4.79 Å². The molecule has 0 spiro atoms. The molecular weight excluding hydrogens is 304 g/mol. The first-order chi connectivity index (χ1) is 11.5. The van der Waals surface area contributed by atoms with Crippen molar-refractivity contribution in [1.82, 2.24) is 24.9 Å². The Morgan fingerprint density at radius 3 is 2.88 bits per heavy atom. The summed E-state index contributed by atoms with van der Waals surface area (Å²) in [7, 11) is 0. The maximum Gasteiger partial charge on any atom is 0.254 e. The highest BCUT2D eigenvalue weighted by Crippen LogP contribution is 2.28. The monoisotopic (exact) mass is 330 g/mol. The van der Waals surface area contributed by atoms with Crippen LogP contribution in [0.5, 0.6) is 0 Å². The molecule has 2 atom stereocenters. The third kappa shape index (κ3) is 3.34. The predicted octanol–water partition coefficient (Wildman–Crippen LogP) is 2.24. The van der Waals surface area contributed by atoms with Crippen LogP contribution >= 0.6 is 0 Å². The van der Waals surface area contributed by atoms with Gasteiger partial charge in [0.25, 0.3) is 5.78 Å². The van der Waals surface area contributed by atoms with Crippen LogP contribution < -0.4 is 10.6 Å². The van der Waals surface area contributed by atoms with E-state index in [1.54, 1.807) is 4.52 Å². The van der Waals surface area contributed by atoms with E-state index in [0.29, 0.717) is 5.78 Å². The van der Waals surface area contributed by atoms with Gasteiger partial charge in [-0.15, -0.1) is 0 Å². The molecule has 2 aromatic heterocycles. The minimum atomic E-state index is 0.0770. The summed E-state index contributed by atoms with van der Waals surface area (Å²) in [6, 6.07) is 0.445. The van der Waals surface area contributed by atoms with Crippen LogP contribution in [0.2, 0.25) is 0 Å². The van der Waals surface area contributed by atoms with Gasteiger partial charge < -0.3 is 10.6 Å². The Morgan fingerprint density at radius 1 is 1.33 bits per heavy atom. The molecule has 2 heterocycles. The van der Waals surface area contributed by atoms with Gasteiger partial charge in [0, 0.05) is 29.3 Å². The molecule has 7 heteroatoms. The van der Waals surface area contributed by atoms with E-state index in [4.69, 9.17) is 0 Å². The Labute approximate surface area is 142 Å². The highest BCUT2D eigenvalue weighted by atomic mass is 16.1. The number of fused-ring (bicyclic) bond motifs is 1. The lowest BCUT2D eigenvalue weighted by atomic mass is 9.85. The minimum absolute atomic E-state index is 0.0770. The van der Waals surface area contributed by atoms with Gasteiger partial charge in [-0.1, -0.05) is 6.42 Å². The van der Waals surface area contributed by atoms with Gasteiger partial charge >= 0.3 is 0 Å². The van der Waals surface area contributed by atoms with Crippen LogP contribution in [0, 0.1) is 19.8 Å². The molecule has 1 saturated carbocycles. The van der Waals surface area contributed by atoms with E-state index in [0.717, 1.165) is 42.8 Å². The molecule has 24 heavy (non-hydrogen) atoms. The number of hydrogen-bond acceptors (Lipinski definition) is 5. The first-order valence-electron chi connectivity index (χ1n) is 8.69. The van der Waals surface area contributed by atoms with Crippen molar-refractivity contribution in [1.29, 1.82) is 0 Å². The topological polar surface area (TPSA) is 84.2 Å². The van der Waals surface area contributed by atoms with Gasteiger partial charge in [-0.25, -0.2) is 4.98 Å². The summed E-state index contributed by atoms with van der Waals surface area (Å²) in [6.07, 6.45) is 5.44. The summed E-state index contributed by atoms with van der Waals surface area (Å²) in [6.45, 7) is 8.02. The molecule has 2 aromatic rings. The third-order valence-corrected chi connectivity index (χ3v) is 4.72. The fourth-order valence-electron chi connectivity index (χ4n) is 3.36. The second-order valence-electron chi connectivity index (χ2n) is 7.01. The standard InChI is InChI=1S/C17H26N6O/c1-10(2)20-16(24)13-6-5-7-14(8-13)22-15-11(3)12(4)21-17-18-9-19-23(15)17/h9-10,13-14,22H,5-8H2,1-4H3,(H,20,24)/t13-,14-/m1/s1. The summed E-state index contributed by atoms with van der Waals surface area (Å²) in [5.74, 6) is 1.79. The zero-order chi connectivity index (χ0) is 17.3. The van der Waals surface area contributed by atoms with Crippen LogP contribution in [0.15, 0.2) is 6.33 Å². The van der Waals surface area contributed by atoms with Gasteiger partial charge in [-0.2, -0.15) is 14.6 Å². The first-order valence-corrected chi connectivity index (χ1v) is 8.69. The molecule has 2 N–H and O–H groups in total. The lowest BCUT2D eigenvalue weighted by Crippen LogP contribution is -2.40. The van der Waals surface area contributed by atoms with Crippen molar-refractivity contribution in [2.75, 3.05) is 5.32 Å². The third-order valence-electron chi connectivity index (χ3n) is 4.72. The number of aryl methyl sites for hydroxylation is 1. The number of carbonyl (C=O) groups is 1. The second-order valence-corrected chi connectivity index (χ2v) is 7.01. The molecule has 1 amide bonds. The Balaban J connectivity index is 1.78. The number of hydrogen-bond donors (Lipinski definition) is 2. The molecule has 0 aromatic carbocycles. The summed E-state index contributed by atoms with van der Waals surface area (Å²) in [5.41, 5.74) is 2.02. The molecule has 1 aliphatic rings. The van der Waals surface area contributed by atoms with Gasteiger partial charge in [-0.05, 0) is 47.0 Å². The van der Waals surface area contributed by atoms with Gasteiger partial charge in [0.05, 0.1) is 0 Å². The summed E-state index contributed by atoms with van der Waals surface area (Å²) in [5, 5.41) is 10.9. The highest BCUT2D eigenvalue weighted by molar-refractivity contribution is 5.79. The highest BCUT2D eigenvalue weighted by Gasteiger charge is 2.28. The lowest BCUT2D eigenvalue weighted by Gasteiger charge is -2.30. The van der Waals surface area contributed by atoms with Gasteiger partial charge in [0.2, 0.25) is 5.91 Å². The van der Waals surface area contributed by atoms with Crippen LogP contribution in [0.3, 0.4) is 0 Å². The molecule has 0 bridgehead atoms. The van der Waals surface area contributed by atoms with E-state index < -0.39 is 0 Å². The average Bonchev–Trinajstić information content (AvgIpc) is 2.99. The number of amides is 1. The van der Waals surface area contributed by atoms with Crippen LogP contribution in [0.1, 0.15) is 50.8 Å². The molecule has 130 valence electrons. The molecule has 0 radical (unpaired) electrons. The van der Waals surface area contributed by atoms with E-state index in [-0.39, 0.29) is 23.9 Å². The van der Waals surface area contributed by atoms with Crippen molar-refractivity contribution in [3.05, 3.63) is 17.6 Å². The molecule has 0 saturated heterocycles. The van der Waals surface area contributed by atoms with Crippen molar-refractivity contribution in [2.24, 2.45) is 5.92 Å². The number of carbonyl (C=O) groups excluding carboxylic acids is 1. The number of rotatable bonds is 4. The maximum absolute atomic E-state index is 12.3. The number of anilines is 1. The SMILES string of the molecule is Cc1nc2ncnn2c(N[C@@H]2CCC[C@@H](C(=O)NC(C)C)C2)c1C. The Hall–Kier alpha value is -2.18. The van der Waals surface area contributed by atoms with Crippen LogP contribution in [-0.4, -0.2) is 37.6 Å². The van der Waals surface area contributed by atoms with Crippen LogP contribution in [-0.2, 0) is 4.79 Å². The predicted molar refractivity (Wildman–Crippen MR) is 92.9 cm³/mol. The molecule has 0 unspecified atom stereocenters. The molecule has 0 aliphatic heterocycles. The van der Waals surface area contributed by atoms with Crippen LogP contribution in [0.25, 0.3) is 5.78 Å². The largest absolute Gasteiger partial charge is 0.367 e. The fourth-order valence-corrected chi connectivity index (χ4v) is 3.36. The summed E-state index contributed by atoms with van der Waals surface area (Å²) in [4.78, 5) is 21.0. The number of nitrogens with one attached hydrogen (secondary N) is 2. The van der Waals surface area contributed by atoms with Gasteiger partial charge in [0.1, 0.15) is 12.1 Å². The zero-order valence-corrected chi connectivity index (χ0v) is 14.8. The number of nitrogens with zero attached hydrogens (tertiary/aromatic N) is 4. The van der Waals surface area contributed by atoms with E-state index in [1.807, 2.05) is 27.7 Å². The van der Waals surface area contributed by atoms with Crippen molar-refractivity contribution in [2.45, 2.75) is 65.5 Å². The molecule has 7 nitrogen and oxygen atoms in total. The molecule has 3 rings (SSSR count). The fraction of sp³-hybridized carbons (Fsp3) is 0.647. The first kappa shape index (κ1) is 16.7. The zero-order valence-electron chi connectivity index (χ0n) is 14.8.